The highest BCUT2D eigenvalue weighted by Crippen LogP contribution is 2.21. The van der Waals surface area contributed by atoms with E-state index in [9.17, 15) is 13.6 Å². The van der Waals surface area contributed by atoms with Crippen LogP contribution in [0.1, 0.15) is 17.3 Å². The van der Waals surface area contributed by atoms with Crippen LogP contribution in [0.5, 0.6) is 0 Å². The lowest BCUT2D eigenvalue weighted by Gasteiger charge is -2.21. The molecule has 0 saturated heterocycles. The summed E-state index contributed by atoms with van der Waals surface area (Å²) >= 11 is 0. The summed E-state index contributed by atoms with van der Waals surface area (Å²) in [5.74, 6) is -1.33. The van der Waals surface area contributed by atoms with Crippen LogP contribution >= 0.6 is 0 Å². The molecule has 0 unspecified atom stereocenters. The summed E-state index contributed by atoms with van der Waals surface area (Å²) in [4.78, 5) is 13.8. The molecule has 3 nitrogen and oxygen atoms in total. The molecule has 2 rings (SSSR count). The van der Waals surface area contributed by atoms with E-state index in [-0.39, 0.29) is 11.3 Å². The number of amides is 1. The smallest absolute Gasteiger partial charge is 0.260 e. The van der Waals surface area contributed by atoms with Gasteiger partial charge in [0.05, 0.1) is 5.56 Å². The van der Waals surface area contributed by atoms with Crippen molar-refractivity contribution in [1.29, 1.82) is 0 Å². The Morgan fingerprint density at radius 3 is 2.45 bits per heavy atom. The van der Waals surface area contributed by atoms with Gasteiger partial charge in [0, 0.05) is 17.9 Å². The summed E-state index contributed by atoms with van der Waals surface area (Å²) in [6, 6.07) is 9.30. The standard InChI is InChI=1S/C15H14F2N2O/c1-2-19(12-5-3-4-10(16)8-12)15(20)13-7-6-11(17)9-14(13)18/h3-9H,2,18H2,1H3. The summed E-state index contributed by atoms with van der Waals surface area (Å²) in [6.07, 6.45) is 0. The van der Waals surface area contributed by atoms with Crippen molar-refractivity contribution in [2.45, 2.75) is 6.92 Å². The van der Waals surface area contributed by atoms with Crippen molar-refractivity contribution in [2.24, 2.45) is 0 Å². The van der Waals surface area contributed by atoms with E-state index in [2.05, 4.69) is 0 Å². The van der Waals surface area contributed by atoms with Gasteiger partial charge in [-0.3, -0.25) is 4.79 Å². The third-order valence-corrected chi connectivity index (χ3v) is 2.93. The van der Waals surface area contributed by atoms with E-state index in [0.717, 1.165) is 6.07 Å². The molecule has 20 heavy (non-hydrogen) atoms. The molecule has 2 N–H and O–H groups in total. The fraction of sp³-hybridized carbons (Fsp3) is 0.133. The molecule has 5 heteroatoms. The highest BCUT2D eigenvalue weighted by atomic mass is 19.1. The van der Waals surface area contributed by atoms with Crippen molar-refractivity contribution in [2.75, 3.05) is 17.2 Å². The van der Waals surface area contributed by atoms with Crippen LogP contribution in [0.3, 0.4) is 0 Å². The Bertz CT molecular complexity index is 644. The van der Waals surface area contributed by atoms with Crippen molar-refractivity contribution in [3.8, 4) is 0 Å². The van der Waals surface area contributed by atoms with E-state index in [4.69, 9.17) is 5.73 Å². The second-order valence-corrected chi connectivity index (χ2v) is 4.26. The Balaban J connectivity index is 2.39. The van der Waals surface area contributed by atoms with Crippen molar-refractivity contribution in [3.05, 3.63) is 59.7 Å². The van der Waals surface area contributed by atoms with Gasteiger partial charge in [-0.25, -0.2) is 8.78 Å². The topological polar surface area (TPSA) is 46.3 Å². The Kier molecular flexibility index (Phi) is 3.98. The van der Waals surface area contributed by atoms with Gasteiger partial charge < -0.3 is 10.6 Å². The van der Waals surface area contributed by atoms with E-state index in [0.29, 0.717) is 12.2 Å². The number of hydrogen-bond donors (Lipinski definition) is 1. The molecular weight excluding hydrogens is 262 g/mol. The number of anilines is 2. The number of rotatable bonds is 3. The summed E-state index contributed by atoms with van der Waals surface area (Å²) in [6.45, 7) is 2.11. The quantitative estimate of drug-likeness (QED) is 0.875. The first kappa shape index (κ1) is 14.0. The zero-order valence-electron chi connectivity index (χ0n) is 10.9. The van der Waals surface area contributed by atoms with Gasteiger partial charge in [-0.05, 0) is 43.3 Å². The van der Waals surface area contributed by atoms with Crippen LogP contribution in [-0.4, -0.2) is 12.5 Å². The van der Waals surface area contributed by atoms with Gasteiger partial charge in [-0.2, -0.15) is 0 Å². The lowest BCUT2D eigenvalue weighted by atomic mass is 10.1. The largest absolute Gasteiger partial charge is 0.398 e. The highest BCUT2D eigenvalue weighted by molar-refractivity contribution is 6.09. The van der Waals surface area contributed by atoms with Gasteiger partial charge in [0.2, 0.25) is 0 Å². The average molecular weight is 276 g/mol. The number of benzene rings is 2. The number of halogens is 2. The van der Waals surface area contributed by atoms with Gasteiger partial charge in [-0.15, -0.1) is 0 Å². The van der Waals surface area contributed by atoms with Crippen LogP contribution in [0, 0.1) is 11.6 Å². The number of carbonyl (C=O) groups excluding carboxylic acids is 1. The molecule has 0 spiro atoms. The predicted octanol–water partition coefficient (Wildman–Crippen LogP) is 3.21. The van der Waals surface area contributed by atoms with E-state index >= 15 is 0 Å². The van der Waals surface area contributed by atoms with E-state index < -0.39 is 17.5 Å². The zero-order chi connectivity index (χ0) is 14.7. The van der Waals surface area contributed by atoms with E-state index in [1.165, 1.54) is 35.2 Å². The maximum Gasteiger partial charge on any atom is 0.260 e. The number of nitrogens with two attached hydrogens (primary N) is 1. The molecule has 0 heterocycles. The lowest BCUT2D eigenvalue weighted by molar-refractivity contribution is 0.0989. The minimum atomic E-state index is -0.507. The Morgan fingerprint density at radius 1 is 1.15 bits per heavy atom. The summed E-state index contributed by atoms with van der Waals surface area (Å²) in [5.41, 5.74) is 6.35. The van der Waals surface area contributed by atoms with Crippen molar-refractivity contribution in [3.63, 3.8) is 0 Å². The number of hydrogen-bond acceptors (Lipinski definition) is 2. The minimum absolute atomic E-state index is 0.0600. The molecule has 0 aliphatic heterocycles. The molecule has 0 fully saturated rings. The van der Waals surface area contributed by atoms with Gasteiger partial charge >= 0.3 is 0 Å². The van der Waals surface area contributed by atoms with Crippen LogP contribution in [0.15, 0.2) is 42.5 Å². The molecule has 0 atom stereocenters. The maximum absolute atomic E-state index is 13.2. The second kappa shape index (κ2) is 5.69. The fourth-order valence-electron chi connectivity index (χ4n) is 1.96. The van der Waals surface area contributed by atoms with Gasteiger partial charge in [0.1, 0.15) is 11.6 Å². The molecule has 0 aromatic heterocycles. The summed E-state index contributed by atoms with van der Waals surface area (Å²) in [5, 5.41) is 0. The van der Waals surface area contributed by atoms with E-state index in [1.54, 1.807) is 13.0 Å². The summed E-state index contributed by atoms with van der Waals surface area (Å²) < 4.78 is 26.3. The monoisotopic (exact) mass is 276 g/mol. The first-order valence-corrected chi connectivity index (χ1v) is 6.15. The molecule has 104 valence electrons. The van der Waals surface area contributed by atoms with Crippen LogP contribution < -0.4 is 10.6 Å². The molecule has 0 radical (unpaired) electrons. The van der Waals surface area contributed by atoms with Crippen molar-refractivity contribution >= 4 is 17.3 Å². The Morgan fingerprint density at radius 2 is 1.85 bits per heavy atom. The molecule has 0 bridgehead atoms. The molecular formula is C15H14F2N2O. The average Bonchev–Trinajstić information content (AvgIpc) is 2.39. The van der Waals surface area contributed by atoms with Crippen LogP contribution in [0.2, 0.25) is 0 Å². The molecule has 2 aromatic rings. The third-order valence-electron chi connectivity index (χ3n) is 2.93. The minimum Gasteiger partial charge on any atom is -0.398 e. The number of nitrogens with zero attached hydrogens (tertiary/aromatic N) is 1. The normalized spacial score (nSPS) is 10.3. The molecule has 0 aliphatic carbocycles. The molecule has 0 aliphatic rings. The fourth-order valence-corrected chi connectivity index (χ4v) is 1.96. The van der Waals surface area contributed by atoms with E-state index in [1.807, 2.05) is 0 Å². The van der Waals surface area contributed by atoms with Crippen LogP contribution in [0.4, 0.5) is 20.2 Å². The molecule has 1 amide bonds. The van der Waals surface area contributed by atoms with Crippen LogP contribution in [-0.2, 0) is 0 Å². The first-order chi connectivity index (χ1) is 9.52. The molecule has 2 aromatic carbocycles. The zero-order valence-corrected chi connectivity index (χ0v) is 10.9. The number of nitrogen functional groups attached to an aromatic ring is 1. The maximum atomic E-state index is 13.2. The predicted molar refractivity (Wildman–Crippen MR) is 74.6 cm³/mol. The van der Waals surface area contributed by atoms with Crippen LogP contribution in [0.25, 0.3) is 0 Å². The second-order valence-electron chi connectivity index (χ2n) is 4.26. The van der Waals surface area contributed by atoms with Gasteiger partial charge in [0.25, 0.3) is 5.91 Å². The van der Waals surface area contributed by atoms with Crippen molar-refractivity contribution in [1.82, 2.24) is 0 Å². The number of carbonyl (C=O) groups is 1. The molecule has 0 saturated carbocycles. The van der Waals surface area contributed by atoms with Gasteiger partial charge in [0.15, 0.2) is 0 Å². The SMILES string of the molecule is CCN(C(=O)c1ccc(F)cc1N)c1cccc(F)c1. The Labute approximate surface area is 115 Å². The Hall–Kier alpha value is -2.43. The van der Waals surface area contributed by atoms with Gasteiger partial charge in [-0.1, -0.05) is 6.07 Å². The summed E-state index contributed by atoms with van der Waals surface area (Å²) in [7, 11) is 0. The first-order valence-electron chi connectivity index (χ1n) is 6.15. The highest BCUT2D eigenvalue weighted by Gasteiger charge is 2.19. The van der Waals surface area contributed by atoms with Crippen molar-refractivity contribution < 1.29 is 13.6 Å². The lowest BCUT2D eigenvalue weighted by Crippen LogP contribution is -2.31. The third kappa shape index (κ3) is 2.77.